The minimum Gasteiger partial charge on any atom is -0.300 e. The number of nitrogens with zero attached hydrogens (tertiary/aromatic N) is 1. The molecule has 0 aromatic rings. The van der Waals surface area contributed by atoms with Crippen molar-refractivity contribution >= 4 is 12.0 Å². The van der Waals surface area contributed by atoms with Gasteiger partial charge in [0, 0.05) is 25.1 Å². The van der Waals surface area contributed by atoms with Gasteiger partial charge in [0.1, 0.15) is 0 Å². The van der Waals surface area contributed by atoms with Crippen LogP contribution in [0.1, 0.15) is 51.9 Å². The van der Waals surface area contributed by atoms with Crippen LogP contribution in [0.2, 0.25) is 0 Å². The van der Waals surface area contributed by atoms with Crippen LogP contribution < -0.4 is 0 Å². The van der Waals surface area contributed by atoms with Crippen molar-refractivity contribution < 1.29 is 4.79 Å². The Bertz CT molecular complexity index is 765. The molecule has 0 saturated heterocycles. The maximum Gasteiger partial charge on any atom is 0.155 e. The lowest BCUT2D eigenvalue weighted by Gasteiger charge is -2.56. The molecular weight excluding hydrogens is 318 g/mol. The lowest BCUT2D eigenvalue weighted by molar-refractivity contribution is -0.116. The molecule has 26 heavy (non-hydrogen) atoms. The van der Waals surface area contributed by atoms with E-state index < -0.39 is 0 Å². The minimum absolute atomic E-state index is 0.413. The summed E-state index contributed by atoms with van der Waals surface area (Å²) in [6.07, 6.45) is 13.5. The van der Waals surface area contributed by atoms with Crippen LogP contribution in [0, 0.1) is 64.1 Å². The number of hydrogen-bond donors (Lipinski definition) is 0. The Morgan fingerprint density at radius 2 is 1.88 bits per heavy atom. The lowest BCUT2D eigenvalue weighted by atomic mass is 9.48. The summed E-state index contributed by atoms with van der Waals surface area (Å²) >= 11 is 0. The van der Waals surface area contributed by atoms with Crippen LogP contribution in [0.25, 0.3) is 0 Å². The first-order valence-electron chi connectivity index (χ1n) is 11.3. The average Bonchev–Trinajstić information content (AvgIpc) is 3.52. The summed E-state index contributed by atoms with van der Waals surface area (Å²) in [5, 5.41) is 0. The van der Waals surface area contributed by atoms with Crippen LogP contribution in [-0.2, 0) is 4.79 Å². The molecule has 0 heterocycles. The summed E-state index contributed by atoms with van der Waals surface area (Å²) in [5.74, 6) is 8.91. The summed E-state index contributed by atoms with van der Waals surface area (Å²) in [5.41, 5.74) is 2.62. The Morgan fingerprint density at radius 1 is 1.08 bits per heavy atom. The third kappa shape index (κ3) is 1.45. The van der Waals surface area contributed by atoms with Crippen molar-refractivity contribution in [2.24, 2.45) is 69.1 Å². The molecule has 0 radical (unpaired) electrons. The first-order chi connectivity index (χ1) is 12.6. The second-order valence-electron chi connectivity index (χ2n) is 11.2. The van der Waals surface area contributed by atoms with Crippen LogP contribution in [0.15, 0.2) is 16.6 Å². The van der Waals surface area contributed by atoms with Gasteiger partial charge in [0.25, 0.3) is 0 Å². The number of carbonyl (C=O) groups is 1. The van der Waals surface area contributed by atoms with Gasteiger partial charge in [0.15, 0.2) is 5.78 Å². The molecule has 8 unspecified atom stereocenters. The molecule has 7 saturated carbocycles. The quantitative estimate of drug-likeness (QED) is 0.673. The topological polar surface area (TPSA) is 29.4 Å². The third-order valence-electron chi connectivity index (χ3n) is 10.7. The molecule has 8 aliphatic carbocycles. The highest BCUT2D eigenvalue weighted by molar-refractivity contribution is 5.91. The van der Waals surface area contributed by atoms with Gasteiger partial charge in [-0.1, -0.05) is 12.5 Å². The average molecular weight is 350 g/mol. The number of allylic oxidation sites excluding steroid dienone is 1. The van der Waals surface area contributed by atoms with Crippen molar-refractivity contribution in [1.29, 1.82) is 0 Å². The van der Waals surface area contributed by atoms with Gasteiger partial charge in [-0.2, -0.15) is 0 Å². The Morgan fingerprint density at radius 3 is 2.62 bits per heavy atom. The number of rotatable bonds is 2. The smallest absolute Gasteiger partial charge is 0.155 e. The molecule has 2 bridgehead atoms. The van der Waals surface area contributed by atoms with E-state index in [9.17, 15) is 4.79 Å². The minimum atomic E-state index is 0.413. The van der Waals surface area contributed by atoms with Crippen molar-refractivity contribution in [3.8, 4) is 0 Å². The van der Waals surface area contributed by atoms with Gasteiger partial charge in [-0.25, -0.2) is 0 Å². The largest absolute Gasteiger partial charge is 0.300 e. The van der Waals surface area contributed by atoms with Gasteiger partial charge in [-0.05, 0) is 103 Å². The standard InChI is InChI=1S/C24H31NO/c1-23-8-7-16-15-6-5-14(26)9-13(15)10-17(12-3-4-12)18(16)20(23)19-21-22(19)24(21,23)11-25-2/h9,11-12,15-22H,3-8,10H2,1-2H3. The van der Waals surface area contributed by atoms with E-state index in [2.05, 4.69) is 24.2 Å². The second-order valence-corrected chi connectivity index (χ2v) is 11.2. The van der Waals surface area contributed by atoms with Crippen LogP contribution in [-0.4, -0.2) is 19.0 Å². The SMILES string of the molecule is CN=CC12C3C(C4C5C(C6CC6)CC6=CC(=O)CCC6C5CCC41C)C32. The zero-order valence-corrected chi connectivity index (χ0v) is 16.2. The van der Waals surface area contributed by atoms with Crippen LogP contribution in [0.5, 0.6) is 0 Å². The highest BCUT2D eigenvalue weighted by Gasteiger charge is 2.97. The molecule has 0 amide bonds. The molecule has 7 fully saturated rings. The van der Waals surface area contributed by atoms with Crippen molar-refractivity contribution in [2.45, 2.75) is 51.9 Å². The monoisotopic (exact) mass is 349 g/mol. The Hall–Kier alpha value is -0.920. The summed E-state index contributed by atoms with van der Waals surface area (Å²) < 4.78 is 0. The van der Waals surface area contributed by atoms with Gasteiger partial charge in [-0.15, -0.1) is 0 Å². The first-order valence-corrected chi connectivity index (χ1v) is 11.3. The first kappa shape index (κ1) is 15.1. The van der Waals surface area contributed by atoms with E-state index in [1.54, 1.807) is 5.57 Å². The van der Waals surface area contributed by atoms with Crippen LogP contribution >= 0.6 is 0 Å². The summed E-state index contributed by atoms with van der Waals surface area (Å²) in [6, 6.07) is 0. The fourth-order valence-electron chi connectivity index (χ4n) is 9.80. The molecule has 8 aliphatic rings. The summed E-state index contributed by atoms with van der Waals surface area (Å²) in [6.45, 7) is 2.66. The fourth-order valence-corrected chi connectivity index (χ4v) is 9.80. The van der Waals surface area contributed by atoms with E-state index in [4.69, 9.17) is 0 Å². The van der Waals surface area contributed by atoms with E-state index in [0.717, 1.165) is 66.1 Å². The fraction of sp³-hybridized carbons (Fsp3) is 0.833. The molecular formula is C24H31NO. The van der Waals surface area contributed by atoms with E-state index in [-0.39, 0.29) is 0 Å². The van der Waals surface area contributed by atoms with E-state index >= 15 is 0 Å². The predicted octanol–water partition coefficient (Wildman–Crippen LogP) is 4.55. The predicted molar refractivity (Wildman–Crippen MR) is 102 cm³/mol. The molecule has 8 atom stereocenters. The molecule has 0 aromatic carbocycles. The van der Waals surface area contributed by atoms with Crippen molar-refractivity contribution in [3.05, 3.63) is 11.6 Å². The molecule has 0 spiro atoms. The van der Waals surface area contributed by atoms with Crippen LogP contribution in [0.4, 0.5) is 0 Å². The number of carbonyl (C=O) groups excluding carboxylic acids is 1. The van der Waals surface area contributed by atoms with Crippen molar-refractivity contribution in [2.75, 3.05) is 7.05 Å². The summed E-state index contributed by atoms with van der Waals surface area (Å²) in [7, 11) is 1.99. The van der Waals surface area contributed by atoms with Gasteiger partial charge in [-0.3, -0.25) is 4.79 Å². The molecule has 0 aromatic heterocycles. The van der Waals surface area contributed by atoms with Gasteiger partial charge in [0.2, 0.25) is 0 Å². The molecule has 0 N–H and O–H groups in total. The Balaban J connectivity index is 1.32. The van der Waals surface area contributed by atoms with E-state index in [1.807, 2.05) is 7.05 Å². The number of hydrogen-bond acceptors (Lipinski definition) is 2. The zero-order valence-electron chi connectivity index (χ0n) is 16.2. The number of ketones is 1. The van der Waals surface area contributed by atoms with E-state index in [0.29, 0.717) is 16.6 Å². The number of aliphatic imine (C=N–C) groups is 1. The van der Waals surface area contributed by atoms with E-state index in [1.165, 1.54) is 32.1 Å². The maximum absolute atomic E-state index is 12.1. The molecule has 0 aliphatic heterocycles. The third-order valence-corrected chi connectivity index (χ3v) is 10.7. The molecule has 2 nitrogen and oxygen atoms in total. The molecule has 2 heteroatoms. The van der Waals surface area contributed by atoms with Gasteiger partial charge in [0.05, 0.1) is 0 Å². The maximum atomic E-state index is 12.1. The van der Waals surface area contributed by atoms with Gasteiger partial charge >= 0.3 is 0 Å². The normalized spacial score (nSPS) is 61.5. The highest BCUT2D eigenvalue weighted by Crippen LogP contribution is 2.98. The summed E-state index contributed by atoms with van der Waals surface area (Å²) in [4.78, 5) is 16.6. The molecule has 138 valence electrons. The number of fused-ring (bicyclic) bond motifs is 3. The highest BCUT2D eigenvalue weighted by atomic mass is 16.1. The lowest BCUT2D eigenvalue weighted by Crippen LogP contribution is -2.50. The second kappa shape index (κ2) is 4.39. The Labute approximate surface area is 156 Å². The van der Waals surface area contributed by atoms with Crippen molar-refractivity contribution in [3.63, 3.8) is 0 Å². The van der Waals surface area contributed by atoms with Gasteiger partial charge < -0.3 is 4.99 Å². The van der Waals surface area contributed by atoms with Crippen LogP contribution in [0.3, 0.4) is 0 Å². The molecule has 8 rings (SSSR count). The zero-order chi connectivity index (χ0) is 17.4. The van der Waals surface area contributed by atoms with Crippen molar-refractivity contribution in [1.82, 2.24) is 0 Å². The Kier molecular flexibility index (Phi) is 2.54.